The lowest BCUT2D eigenvalue weighted by atomic mass is 9.67. The standard InChI is InChI=1S/C18H33NO/c1-17(2)11-13-18(20-4,14-12-17)16(19-3)15-9-7-5-6-8-10-15/h9,16,19H,5-8,10-14H2,1-4H3. The van der Waals surface area contributed by atoms with Gasteiger partial charge in [0.05, 0.1) is 11.6 Å². The maximum atomic E-state index is 6.12. The smallest absolute Gasteiger partial charge is 0.0869 e. The summed E-state index contributed by atoms with van der Waals surface area (Å²) in [6.45, 7) is 4.79. The molecule has 2 aliphatic rings. The first-order valence-electron chi connectivity index (χ1n) is 8.44. The monoisotopic (exact) mass is 279 g/mol. The summed E-state index contributed by atoms with van der Waals surface area (Å²) in [6, 6.07) is 0.404. The summed E-state index contributed by atoms with van der Waals surface area (Å²) < 4.78 is 6.12. The molecule has 20 heavy (non-hydrogen) atoms. The fourth-order valence-electron chi connectivity index (χ4n) is 4.05. The molecule has 1 saturated carbocycles. The van der Waals surface area contributed by atoms with Gasteiger partial charge in [0.1, 0.15) is 0 Å². The van der Waals surface area contributed by atoms with E-state index in [2.05, 4.69) is 32.3 Å². The molecule has 0 saturated heterocycles. The third-order valence-corrected chi connectivity index (χ3v) is 5.62. The van der Waals surface area contributed by atoms with E-state index in [4.69, 9.17) is 4.74 Å². The highest BCUT2D eigenvalue weighted by Gasteiger charge is 2.44. The molecule has 0 spiro atoms. The van der Waals surface area contributed by atoms with Gasteiger partial charge < -0.3 is 10.1 Å². The molecule has 1 fully saturated rings. The molecule has 2 aliphatic carbocycles. The number of rotatable bonds is 4. The highest BCUT2D eigenvalue weighted by atomic mass is 16.5. The summed E-state index contributed by atoms with van der Waals surface area (Å²) in [4.78, 5) is 0. The first kappa shape index (κ1) is 16.0. The quantitative estimate of drug-likeness (QED) is 0.768. The molecule has 0 aromatic heterocycles. The molecule has 1 N–H and O–H groups in total. The van der Waals surface area contributed by atoms with Crippen LogP contribution >= 0.6 is 0 Å². The van der Waals surface area contributed by atoms with Gasteiger partial charge in [0.25, 0.3) is 0 Å². The van der Waals surface area contributed by atoms with Crippen molar-refractivity contribution in [3.63, 3.8) is 0 Å². The first-order valence-corrected chi connectivity index (χ1v) is 8.44. The Bertz CT molecular complexity index is 335. The molecule has 1 atom stereocenters. The molecule has 0 bridgehead atoms. The minimum atomic E-state index is 0.0143. The fourth-order valence-corrected chi connectivity index (χ4v) is 4.05. The van der Waals surface area contributed by atoms with E-state index in [1.165, 1.54) is 57.8 Å². The van der Waals surface area contributed by atoms with Crippen LogP contribution in [-0.2, 0) is 4.74 Å². The van der Waals surface area contributed by atoms with Crippen LogP contribution in [0, 0.1) is 5.41 Å². The second-order valence-electron chi connectivity index (χ2n) is 7.53. The average molecular weight is 279 g/mol. The van der Waals surface area contributed by atoms with Crippen molar-refractivity contribution in [1.82, 2.24) is 5.32 Å². The number of allylic oxidation sites excluding steroid dienone is 1. The van der Waals surface area contributed by atoms with Crippen LogP contribution in [0.2, 0.25) is 0 Å². The van der Waals surface area contributed by atoms with Gasteiger partial charge in [0.2, 0.25) is 0 Å². The van der Waals surface area contributed by atoms with Gasteiger partial charge in [-0.1, -0.05) is 31.9 Å². The van der Waals surface area contributed by atoms with Gasteiger partial charge in [0.15, 0.2) is 0 Å². The Kier molecular flexibility index (Phi) is 5.30. The average Bonchev–Trinajstić information content (AvgIpc) is 2.71. The van der Waals surface area contributed by atoms with Crippen molar-refractivity contribution in [3.05, 3.63) is 11.6 Å². The van der Waals surface area contributed by atoms with E-state index in [9.17, 15) is 0 Å². The van der Waals surface area contributed by atoms with Crippen LogP contribution in [0.25, 0.3) is 0 Å². The predicted octanol–water partition coefficient (Wildman–Crippen LogP) is 4.45. The van der Waals surface area contributed by atoms with Crippen LogP contribution in [0.5, 0.6) is 0 Å². The second-order valence-corrected chi connectivity index (χ2v) is 7.53. The summed E-state index contributed by atoms with van der Waals surface area (Å²) in [6.07, 6.45) is 14.0. The minimum absolute atomic E-state index is 0.0143. The van der Waals surface area contributed by atoms with Crippen LogP contribution < -0.4 is 5.32 Å². The summed E-state index contributed by atoms with van der Waals surface area (Å²) >= 11 is 0. The Morgan fingerprint density at radius 3 is 2.40 bits per heavy atom. The molecule has 0 heterocycles. The van der Waals surface area contributed by atoms with E-state index in [0.29, 0.717) is 11.5 Å². The van der Waals surface area contributed by atoms with E-state index in [1.807, 2.05) is 7.11 Å². The zero-order chi connectivity index (χ0) is 14.6. The molecule has 0 aromatic rings. The molecule has 116 valence electrons. The van der Waals surface area contributed by atoms with Crippen molar-refractivity contribution in [2.24, 2.45) is 5.41 Å². The molecule has 1 unspecified atom stereocenters. The molecule has 0 amide bonds. The summed E-state index contributed by atoms with van der Waals surface area (Å²) in [7, 11) is 4.02. The summed E-state index contributed by atoms with van der Waals surface area (Å²) in [5.41, 5.74) is 2.10. The Labute approximate surface area is 125 Å². The normalized spacial score (nSPS) is 27.5. The number of ether oxygens (including phenoxy) is 1. The Hall–Kier alpha value is -0.340. The van der Waals surface area contributed by atoms with Gasteiger partial charge in [-0.15, -0.1) is 0 Å². The Morgan fingerprint density at radius 2 is 1.80 bits per heavy atom. The third-order valence-electron chi connectivity index (χ3n) is 5.62. The van der Waals surface area contributed by atoms with Crippen molar-refractivity contribution >= 4 is 0 Å². The zero-order valence-corrected chi connectivity index (χ0v) is 13.9. The minimum Gasteiger partial charge on any atom is -0.376 e. The van der Waals surface area contributed by atoms with Gasteiger partial charge in [-0.3, -0.25) is 0 Å². The van der Waals surface area contributed by atoms with Crippen LogP contribution in [0.3, 0.4) is 0 Å². The van der Waals surface area contributed by atoms with Crippen LogP contribution in [0.1, 0.15) is 71.6 Å². The van der Waals surface area contributed by atoms with Crippen LogP contribution in [0.15, 0.2) is 11.6 Å². The maximum absolute atomic E-state index is 6.12. The first-order chi connectivity index (χ1) is 9.53. The molecule has 0 radical (unpaired) electrons. The summed E-state index contributed by atoms with van der Waals surface area (Å²) in [5.74, 6) is 0. The molecule has 2 nitrogen and oxygen atoms in total. The topological polar surface area (TPSA) is 21.3 Å². The van der Waals surface area contributed by atoms with E-state index < -0.39 is 0 Å². The predicted molar refractivity (Wildman–Crippen MR) is 86.0 cm³/mol. The van der Waals surface area contributed by atoms with Gasteiger partial charge in [0, 0.05) is 7.11 Å². The third kappa shape index (κ3) is 3.46. The number of methoxy groups -OCH3 is 1. The lowest BCUT2D eigenvalue weighted by Crippen LogP contribution is -2.54. The number of hydrogen-bond donors (Lipinski definition) is 1. The molecular formula is C18H33NO. The molecule has 2 rings (SSSR count). The largest absolute Gasteiger partial charge is 0.376 e. The molecular weight excluding hydrogens is 246 g/mol. The Balaban J connectivity index is 2.17. The number of nitrogens with one attached hydrogen (secondary N) is 1. The lowest BCUT2D eigenvalue weighted by Gasteiger charge is -2.47. The fraction of sp³-hybridized carbons (Fsp3) is 0.889. The lowest BCUT2D eigenvalue weighted by molar-refractivity contribution is -0.0776. The van der Waals surface area contributed by atoms with Crippen LogP contribution in [0.4, 0.5) is 0 Å². The van der Waals surface area contributed by atoms with Crippen molar-refractivity contribution in [2.75, 3.05) is 14.2 Å². The van der Waals surface area contributed by atoms with E-state index in [-0.39, 0.29) is 5.60 Å². The number of hydrogen-bond acceptors (Lipinski definition) is 2. The van der Waals surface area contributed by atoms with Crippen molar-refractivity contribution in [1.29, 1.82) is 0 Å². The van der Waals surface area contributed by atoms with Gasteiger partial charge >= 0.3 is 0 Å². The molecule has 0 aromatic carbocycles. The van der Waals surface area contributed by atoms with E-state index in [0.717, 1.165) is 0 Å². The van der Waals surface area contributed by atoms with Gasteiger partial charge in [-0.05, 0) is 63.8 Å². The highest BCUT2D eigenvalue weighted by molar-refractivity contribution is 5.19. The maximum Gasteiger partial charge on any atom is 0.0869 e. The van der Waals surface area contributed by atoms with E-state index in [1.54, 1.807) is 5.57 Å². The molecule has 2 heteroatoms. The Morgan fingerprint density at radius 1 is 1.10 bits per heavy atom. The van der Waals surface area contributed by atoms with Crippen molar-refractivity contribution in [3.8, 4) is 0 Å². The molecule has 0 aliphatic heterocycles. The second kappa shape index (κ2) is 6.62. The summed E-state index contributed by atoms with van der Waals surface area (Å²) in [5, 5.41) is 3.60. The van der Waals surface area contributed by atoms with Crippen molar-refractivity contribution in [2.45, 2.75) is 83.3 Å². The van der Waals surface area contributed by atoms with Gasteiger partial charge in [-0.25, -0.2) is 0 Å². The van der Waals surface area contributed by atoms with E-state index >= 15 is 0 Å². The van der Waals surface area contributed by atoms with Crippen molar-refractivity contribution < 1.29 is 4.74 Å². The highest BCUT2D eigenvalue weighted by Crippen LogP contribution is 2.45. The van der Waals surface area contributed by atoms with Gasteiger partial charge in [-0.2, -0.15) is 0 Å². The van der Waals surface area contributed by atoms with Crippen LogP contribution in [-0.4, -0.2) is 25.8 Å². The SMILES string of the molecule is CNC(C1=CCCCCC1)C1(OC)CCC(C)(C)CC1. The number of likely N-dealkylation sites (N-methyl/N-ethyl adjacent to an activating group) is 1. The zero-order valence-electron chi connectivity index (χ0n) is 13.9.